The monoisotopic (exact) mass is 261 g/mol. The van der Waals surface area contributed by atoms with Gasteiger partial charge in [0, 0.05) is 12.3 Å². The van der Waals surface area contributed by atoms with E-state index in [0.717, 1.165) is 6.08 Å². The minimum Gasteiger partial charge on any atom is -0.476 e. The standard InChI is InChI=1S/C7H5BrFN3O2/c8-12-3-11-2-4(7(13)14)10-6(11)1-5(12)9/h1-2H,3H2,(H,13,14). The second-order valence-corrected chi connectivity index (χ2v) is 3.59. The average Bonchev–Trinajstić information content (AvgIpc) is 2.48. The molecule has 1 aromatic heterocycles. The molecule has 0 fully saturated rings. The smallest absolute Gasteiger partial charge is 0.356 e. The third-order valence-corrected chi connectivity index (χ3v) is 2.35. The van der Waals surface area contributed by atoms with Crippen molar-refractivity contribution in [2.45, 2.75) is 6.67 Å². The van der Waals surface area contributed by atoms with Crippen LogP contribution in [0.1, 0.15) is 16.3 Å². The molecule has 74 valence electrons. The molecule has 0 bridgehead atoms. The van der Waals surface area contributed by atoms with Crippen molar-refractivity contribution in [1.82, 2.24) is 13.5 Å². The van der Waals surface area contributed by atoms with E-state index in [1.54, 1.807) is 0 Å². The molecule has 0 radical (unpaired) electrons. The Labute approximate surface area is 86.8 Å². The number of carbonyl (C=O) groups is 1. The van der Waals surface area contributed by atoms with Gasteiger partial charge in [0.15, 0.2) is 5.69 Å². The van der Waals surface area contributed by atoms with Crippen LogP contribution < -0.4 is 0 Å². The SMILES string of the molecule is O=C(O)c1cn2c(n1)C=C(F)N(Br)C2. The van der Waals surface area contributed by atoms with Crippen LogP contribution in [0.5, 0.6) is 0 Å². The zero-order valence-corrected chi connectivity index (χ0v) is 8.40. The Kier molecular flexibility index (Phi) is 2.03. The van der Waals surface area contributed by atoms with Crippen molar-refractivity contribution in [3.63, 3.8) is 0 Å². The molecule has 0 saturated carbocycles. The summed E-state index contributed by atoms with van der Waals surface area (Å²) in [6, 6.07) is 0. The van der Waals surface area contributed by atoms with Crippen molar-refractivity contribution in [3.05, 3.63) is 23.7 Å². The van der Waals surface area contributed by atoms with Crippen LogP contribution in [-0.4, -0.2) is 24.6 Å². The number of aromatic carboxylic acids is 1. The number of imidazole rings is 1. The van der Waals surface area contributed by atoms with E-state index in [1.807, 2.05) is 0 Å². The Bertz CT molecular complexity index is 429. The van der Waals surface area contributed by atoms with Gasteiger partial charge in [-0.15, -0.1) is 0 Å². The molecule has 0 spiro atoms. The van der Waals surface area contributed by atoms with Crippen LogP contribution in [0.2, 0.25) is 0 Å². The first kappa shape index (κ1) is 9.20. The summed E-state index contributed by atoms with van der Waals surface area (Å²) in [6.07, 6.45) is 2.51. The van der Waals surface area contributed by atoms with Gasteiger partial charge in [0.1, 0.15) is 12.5 Å². The van der Waals surface area contributed by atoms with Crippen molar-refractivity contribution < 1.29 is 14.3 Å². The average molecular weight is 262 g/mol. The molecule has 0 atom stereocenters. The Morgan fingerprint density at radius 1 is 1.71 bits per heavy atom. The summed E-state index contributed by atoms with van der Waals surface area (Å²) in [4.78, 5) is 14.3. The highest BCUT2D eigenvalue weighted by Crippen LogP contribution is 2.22. The molecule has 14 heavy (non-hydrogen) atoms. The highest BCUT2D eigenvalue weighted by molar-refractivity contribution is 9.07. The number of nitrogens with zero attached hydrogens (tertiary/aromatic N) is 3. The Morgan fingerprint density at radius 2 is 2.43 bits per heavy atom. The molecule has 0 saturated heterocycles. The summed E-state index contributed by atoms with van der Waals surface area (Å²) < 4.78 is 15.7. The Morgan fingerprint density at radius 3 is 3.07 bits per heavy atom. The second kappa shape index (κ2) is 3.09. The van der Waals surface area contributed by atoms with E-state index in [2.05, 4.69) is 21.1 Å². The minimum atomic E-state index is -1.12. The lowest BCUT2D eigenvalue weighted by atomic mass is 10.5. The number of aromatic nitrogens is 2. The largest absolute Gasteiger partial charge is 0.476 e. The van der Waals surface area contributed by atoms with Crippen LogP contribution >= 0.6 is 16.1 Å². The fraction of sp³-hybridized carbons (Fsp3) is 0.143. The van der Waals surface area contributed by atoms with Crippen molar-refractivity contribution in [2.24, 2.45) is 0 Å². The maximum atomic E-state index is 13.0. The number of hydrogen-bond acceptors (Lipinski definition) is 3. The van der Waals surface area contributed by atoms with E-state index in [9.17, 15) is 9.18 Å². The molecule has 2 heterocycles. The summed E-state index contributed by atoms with van der Waals surface area (Å²) in [5.74, 6) is -1.32. The molecule has 1 aliphatic heterocycles. The molecule has 0 aromatic carbocycles. The fourth-order valence-electron chi connectivity index (χ4n) is 1.14. The maximum absolute atomic E-state index is 13.0. The lowest BCUT2D eigenvalue weighted by Gasteiger charge is -2.19. The zero-order chi connectivity index (χ0) is 10.3. The Hall–Kier alpha value is -1.37. The van der Waals surface area contributed by atoms with Crippen molar-refractivity contribution in [3.8, 4) is 0 Å². The zero-order valence-electron chi connectivity index (χ0n) is 6.81. The molecular weight excluding hydrogens is 257 g/mol. The van der Waals surface area contributed by atoms with Gasteiger partial charge < -0.3 is 9.67 Å². The van der Waals surface area contributed by atoms with Gasteiger partial charge in [-0.2, -0.15) is 4.39 Å². The van der Waals surface area contributed by atoms with E-state index in [-0.39, 0.29) is 12.4 Å². The maximum Gasteiger partial charge on any atom is 0.356 e. The van der Waals surface area contributed by atoms with Gasteiger partial charge in [-0.1, -0.05) is 0 Å². The highest BCUT2D eigenvalue weighted by Gasteiger charge is 2.19. The first-order chi connectivity index (χ1) is 6.58. The summed E-state index contributed by atoms with van der Waals surface area (Å²) >= 11 is 2.96. The van der Waals surface area contributed by atoms with Gasteiger partial charge in [0.2, 0.25) is 5.95 Å². The molecule has 0 amide bonds. The van der Waals surface area contributed by atoms with Crippen LogP contribution in [-0.2, 0) is 6.67 Å². The normalized spacial score (nSPS) is 15.0. The summed E-state index contributed by atoms with van der Waals surface area (Å²) in [5, 5.41) is 8.65. The number of hydrogen-bond donors (Lipinski definition) is 1. The number of rotatable bonds is 1. The minimum absolute atomic E-state index is 0.0909. The third-order valence-electron chi connectivity index (χ3n) is 1.78. The lowest BCUT2D eigenvalue weighted by molar-refractivity contribution is 0.0691. The molecular formula is C7H5BrFN3O2. The van der Waals surface area contributed by atoms with Gasteiger partial charge in [-0.05, 0) is 0 Å². The van der Waals surface area contributed by atoms with E-state index >= 15 is 0 Å². The fourth-order valence-corrected chi connectivity index (χ4v) is 1.48. The predicted octanol–water partition coefficient (Wildman–Crippen LogP) is 1.43. The predicted molar refractivity (Wildman–Crippen MR) is 49.0 cm³/mol. The quantitative estimate of drug-likeness (QED) is 0.614. The molecule has 1 aliphatic rings. The van der Waals surface area contributed by atoms with E-state index < -0.39 is 11.9 Å². The summed E-state index contributed by atoms with van der Waals surface area (Å²) in [5.41, 5.74) is -0.0909. The molecule has 1 N–H and O–H groups in total. The van der Waals surface area contributed by atoms with Crippen LogP contribution in [0, 0.1) is 0 Å². The van der Waals surface area contributed by atoms with Crippen molar-refractivity contribution >= 4 is 28.2 Å². The molecule has 0 aliphatic carbocycles. The second-order valence-electron chi connectivity index (χ2n) is 2.73. The first-order valence-corrected chi connectivity index (χ1v) is 4.40. The summed E-state index contributed by atoms with van der Waals surface area (Å²) in [6.45, 7) is 0.192. The molecule has 1 aromatic rings. The van der Waals surface area contributed by atoms with Gasteiger partial charge >= 0.3 is 5.97 Å². The number of carboxylic acid groups (broad SMARTS) is 1. The molecule has 5 nitrogen and oxygen atoms in total. The number of fused-ring (bicyclic) bond motifs is 1. The molecule has 0 unspecified atom stereocenters. The first-order valence-electron chi connectivity index (χ1n) is 3.69. The third kappa shape index (κ3) is 1.39. The van der Waals surface area contributed by atoms with E-state index in [4.69, 9.17) is 5.11 Å². The summed E-state index contributed by atoms with van der Waals surface area (Å²) in [7, 11) is 0. The van der Waals surface area contributed by atoms with Crippen LogP contribution in [0.15, 0.2) is 12.1 Å². The van der Waals surface area contributed by atoms with Crippen LogP contribution in [0.3, 0.4) is 0 Å². The van der Waals surface area contributed by atoms with Gasteiger partial charge in [0.05, 0.1) is 16.1 Å². The van der Waals surface area contributed by atoms with Crippen LogP contribution in [0.25, 0.3) is 6.08 Å². The van der Waals surface area contributed by atoms with Gasteiger partial charge in [-0.25, -0.2) is 9.78 Å². The Balaban J connectivity index is 2.45. The lowest BCUT2D eigenvalue weighted by Crippen LogP contribution is -2.18. The van der Waals surface area contributed by atoms with Crippen molar-refractivity contribution in [1.29, 1.82) is 0 Å². The van der Waals surface area contributed by atoms with Crippen molar-refractivity contribution in [2.75, 3.05) is 0 Å². The molecule has 2 rings (SSSR count). The topological polar surface area (TPSA) is 58.4 Å². The highest BCUT2D eigenvalue weighted by atomic mass is 79.9. The van der Waals surface area contributed by atoms with Gasteiger partial charge in [0.25, 0.3) is 0 Å². The van der Waals surface area contributed by atoms with E-state index in [1.165, 1.54) is 14.7 Å². The van der Waals surface area contributed by atoms with Crippen LogP contribution in [0.4, 0.5) is 4.39 Å². The van der Waals surface area contributed by atoms with Gasteiger partial charge in [-0.3, -0.25) is 3.93 Å². The molecule has 7 heteroatoms. The number of halogens is 2. The number of carboxylic acids is 1. The van der Waals surface area contributed by atoms with E-state index in [0.29, 0.717) is 5.82 Å².